The molecule has 1 aliphatic rings. The number of hydrogen-bond donors (Lipinski definition) is 1. The van der Waals surface area contributed by atoms with E-state index in [2.05, 4.69) is 15.2 Å². The van der Waals surface area contributed by atoms with Crippen molar-refractivity contribution in [3.63, 3.8) is 0 Å². The van der Waals surface area contributed by atoms with E-state index in [0.29, 0.717) is 23.5 Å². The molecule has 0 aliphatic carbocycles. The van der Waals surface area contributed by atoms with Gasteiger partial charge in [0.15, 0.2) is 0 Å². The Kier molecular flexibility index (Phi) is 5.48. The van der Waals surface area contributed by atoms with Crippen LogP contribution < -0.4 is 5.32 Å². The molecule has 0 bridgehead atoms. The standard InChI is InChI=1S/C20H20FN5O/c1-25-8-9-26(2)19(13-25)24-18-7-6-14(12-22)10-17(18)20(27)23-16-5-3-4-15(21)11-16/h3-7,10-11H,8-9,13H2,1-2H3,(H,23,27)/b24-19+. The van der Waals surface area contributed by atoms with Crippen LogP contribution >= 0.6 is 0 Å². The molecule has 2 aromatic rings. The Morgan fingerprint density at radius 1 is 1.22 bits per heavy atom. The number of carbonyl (C=O) groups excluding carboxylic acids is 1. The zero-order valence-electron chi connectivity index (χ0n) is 15.2. The number of piperazine rings is 1. The fourth-order valence-electron chi connectivity index (χ4n) is 2.80. The molecule has 2 aromatic carbocycles. The third-order valence-electron chi connectivity index (χ3n) is 4.37. The molecule has 1 heterocycles. The number of amidine groups is 1. The summed E-state index contributed by atoms with van der Waals surface area (Å²) in [6.07, 6.45) is 0. The SMILES string of the molecule is CN1CCN(C)/C(=N/c2ccc(C#N)cc2C(=O)Nc2cccc(F)c2)C1. The van der Waals surface area contributed by atoms with E-state index in [-0.39, 0.29) is 5.56 Å². The molecule has 6 nitrogen and oxygen atoms in total. The van der Waals surface area contributed by atoms with E-state index in [1.54, 1.807) is 18.2 Å². The number of carbonyl (C=O) groups is 1. The molecule has 1 saturated heterocycles. The van der Waals surface area contributed by atoms with Gasteiger partial charge in [-0.15, -0.1) is 0 Å². The summed E-state index contributed by atoms with van der Waals surface area (Å²) in [5, 5.41) is 11.8. The molecule has 0 radical (unpaired) electrons. The zero-order chi connectivity index (χ0) is 19.4. The molecule has 1 amide bonds. The van der Waals surface area contributed by atoms with Gasteiger partial charge in [0, 0.05) is 25.8 Å². The zero-order valence-corrected chi connectivity index (χ0v) is 15.2. The first-order chi connectivity index (χ1) is 13.0. The summed E-state index contributed by atoms with van der Waals surface area (Å²) in [5.41, 5.74) is 1.44. The van der Waals surface area contributed by atoms with Gasteiger partial charge in [0.1, 0.15) is 11.7 Å². The van der Waals surface area contributed by atoms with Gasteiger partial charge < -0.3 is 10.2 Å². The quantitative estimate of drug-likeness (QED) is 0.908. The molecule has 0 atom stereocenters. The topological polar surface area (TPSA) is 71.7 Å². The molecule has 27 heavy (non-hydrogen) atoms. The van der Waals surface area contributed by atoms with Crippen molar-refractivity contribution in [1.82, 2.24) is 9.80 Å². The minimum absolute atomic E-state index is 0.271. The molecular weight excluding hydrogens is 345 g/mol. The Hall–Kier alpha value is -3.24. The van der Waals surface area contributed by atoms with Crippen LogP contribution in [0.15, 0.2) is 47.5 Å². The van der Waals surface area contributed by atoms with E-state index >= 15 is 0 Å². The summed E-state index contributed by atoms with van der Waals surface area (Å²) >= 11 is 0. The maximum absolute atomic E-state index is 13.4. The number of likely N-dealkylation sites (N-methyl/N-ethyl adjacent to an activating group) is 2. The van der Waals surface area contributed by atoms with Crippen LogP contribution in [0.25, 0.3) is 0 Å². The lowest BCUT2D eigenvalue weighted by molar-refractivity contribution is 0.102. The minimum Gasteiger partial charge on any atom is -0.361 e. The van der Waals surface area contributed by atoms with E-state index in [1.165, 1.54) is 24.3 Å². The van der Waals surface area contributed by atoms with Crippen molar-refractivity contribution in [2.45, 2.75) is 0 Å². The highest BCUT2D eigenvalue weighted by atomic mass is 19.1. The van der Waals surface area contributed by atoms with Crippen LogP contribution in [0.1, 0.15) is 15.9 Å². The van der Waals surface area contributed by atoms with Gasteiger partial charge in [0.05, 0.1) is 29.4 Å². The number of aliphatic imine (C=N–C) groups is 1. The molecule has 0 unspecified atom stereocenters. The number of nitrogens with zero attached hydrogens (tertiary/aromatic N) is 4. The number of benzene rings is 2. The Labute approximate surface area is 157 Å². The van der Waals surface area contributed by atoms with Gasteiger partial charge in [-0.2, -0.15) is 5.26 Å². The Balaban J connectivity index is 1.95. The lowest BCUT2D eigenvalue weighted by Crippen LogP contribution is -2.46. The number of nitrogens with one attached hydrogen (secondary N) is 1. The number of halogens is 1. The normalized spacial score (nSPS) is 16.2. The highest BCUT2D eigenvalue weighted by molar-refractivity contribution is 6.08. The van der Waals surface area contributed by atoms with Gasteiger partial charge in [-0.1, -0.05) is 6.07 Å². The van der Waals surface area contributed by atoms with Crippen LogP contribution in [0.3, 0.4) is 0 Å². The van der Waals surface area contributed by atoms with Crippen molar-refractivity contribution in [2.75, 3.05) is 39.0 Å². The molecular formula is C20H20FN5O. The maximum atomic E-state index is 13.4. The monoisotopic (exact) mass is 365 g/mol. The van der Waals surface area contributed by atoms with Crippen LogP contribution in [-0.4, -0.2) is 55.3 Å². The van der Waals surface area contributed by atoms with Crippen LogP contribution in [0.5, 0.6) is 0 Å². The van der Waals surface area contributed by atoms with Gasteiger partial charge in [-0.25, -0.2) is 9.38 Å². The largest absolute Gasteiger partial charge is 0.361 e. The van der Waals surface area contributed by atoms with Crippen LogP contribution in [0, 0.1) is 17.1 Å². The molecule has 0 aromatic heterocycles. The predicted octanol–water partition coefficient (Wildman–Crippen LogP) is 2.86. The van der Waals surface area contributed by atoms with Crippen LogP contribution in [0.2, 0.25) is 0 Å². The average Bonchev–Trinajstić information content (AvgIpc) is 2.65. The molecule has 0 spiro atoms. The van der Waals surface area contributed by atoms with Gasteiger partial charge >= 0.3 is 0 Å². The Morgan fingerprint density at radius 2 is 2.04 bits per heavy atom. The lowest BCUT2D eigenvalue weighted by Gasteiger charge is -2.32. The van der Waals surface area contributed by atoms with E-state index < -0.39 is 11.7 Å². The Bertz CT molecular complexity index is 934. The average molecular weight is 365 g/mol. The fourth-order valence-corrected chi connectivity index (χ4v) is 2.80. The molecule has 1 aliphatic heterocycles. The first kappa shape index (κ1) is 18.5. The van der Waals surface area contributed by atoms with Crippen molar-refractivity contribution in [3.05, 3.63) is 59.4 Å². The summed E-state index contributed by atoms with van der Waals surface area (Å²) in [4.78, 5) is 21.6. The molecule has 138 valence electrons. The molecule has 3 rings (SSSR count). The van der Waals surface area contributed by atoms with Crippen molar-refractivity contribution in [2.24, 2.45) is 4.99 Å². The molecule has 1 fully saturated rings. The number of nitriles is 1. The summed E-state index contributed by atoms with van der Waals surface area (Å²) < 4.78 is 13.4. The van der Waals surface area contributed by atoms with Gasteiger partial charge in [0.25, 0.3) is 5.91 Å². The van der Waals surface area contributed by atoms with Gasteiger partial charge in [-0.05, 0) is 43.4 Å². The van der Waals surface area contributed by atoms with E-state index in [0.717, 1.165) is 18.9 Å². The second kappa shape index (κ2) is 7.98. The maximum Gasteiger partial charge on any atom is 0.257 e. The lowest BCUT2D eigenvalue weighted by atomic mass is 10.1. The summed E-state index contributed by atoms with van der Waals surface area (Å²) in [7, 11) is 3.97. The van der Waals surface area contributed by atoms with E-state index in [4.69, 9.17) is 0 Å². The highest BCUT2D eigenvalue weighted by Gasteiger charge is 2.19. The molecule has 1 N–H and O–H groups in total. The third-order valence-corrected chi connectivity index (χ3v) is 4.37. The first-order valence-electron chi connectivity index (χ1n) is 8.54. The van der Waals surface area contributed by atoms with Crippen molar-refractivity contribution in [3.8, 4) is 6.07 Å². The van der Waals surface area contributed by atoms with Crippen LogP contribution in [0.4, 0.5) is 15.8 Å². The van der Waals surface area contributed by atoms with Gasteiger partial charge in [0.2, 0.25) is 0 Å². The smallest absolute Gasteiger partial charge is 0.257 e. The minimum atomic E-state index is -0.441. The predicted molar refractivity (Wildman–Crippen MR) is 103 cm³/mol. The first-order valence-corrected chi connectivity index (χ1v) is 8.54. The third kappa shape index (κ3) is 4.49. The highest BCUT2D eigenvalue weighted by Crippen LogP contribution is 2.23. The summed E-state index contributed by atoms with van der Waals surface area (Å²) in [6.45, 7) is 2.45. The fraction of sp³-hybridized carbons (Fsp3) is 0.250. The summed E-state index contributed by atoms with van der Waals surface area (Å²) in [5.74, 6) is -0.0389. The molecule has 7 heteroatoms. The van der Waals surface area contributed by atoms with E-state index in [9.17, 15) is 14.4 Å². The second-order valence-electron chi connectivity index (χ2n) is 6.50. The molecule has 0 saturated carbocycles. The van der Waals surface area contributed by atoms with Gasteiger partial charge in [-0.3, -0.25) is 9.69 Å². The van der Waals surface area contributed by atoms with Crippen molar-refractivity contribution in [1.29, 1.82) is 5.26 Å². The van der Waals surface area contributed by atoms with E-state index in [1.807, 2.05) is 25.1 Å². The number of anilines is 1. The number of rotatable bonds is 3. The number of amides is 1. The van der Waals surface area contributed by atoms with Crippen molar-refractivity contribution < 1.29 is 9.18 Å². The number of hydrogen-bond acceptors (Lipinski definition) is 4. The van der Waals surface area contributed by atoms with Crippen LogP contribution in [-0.2, 0) is 0 Å². The summed E-state index contributed by atoms with van der Waals surface area (Å²) in [6, 6.07) is 12.5. The Morgan fingerprint density at radius 3 is 2.78 bits per heavy atom. The second-order valence-corrected chi connectivity index (χ2v) is 6.50. The van der Waals surface area contributed by atoms with Crippen molar-refractivity contribution >= 4 is 23.1 Å².